The summed E-state index contributed by atoms with van der Waals surface area (Å²) in [5.74, 6) is -1.70. The largest absolute Gasteiger partial charge is 0.493 e. The Morgan fingerprint density at radius 1 is 0.958 bits per heavy atom. The van der Waals surface area contributed by atoms with Gasteiger partial charge in [0.2, 0.25) is 5.75 Å². The molecule has 0 atom stereocenters. The van der Waals surface area contributed by atoms with Crippen LogP contribution in [-0.2, 0) is 20.9 Å². The van der Waals surface area contributed by atoms with E-state index in [4.69, 9.17) is 38.7 Å². The smallest absolute Gasteiger partial charge is 0.414 e. The summed E-state index contributed by atoms with van der Waals surface area (Å²) in [6.45, 7) is 2.21. The molecule has 24 heavy (non-hydrogen) atoms. The van der Waals surface area contributed by atoms with Crippen molar-refractivity contribution >= 4 is 11.9 Å². The summed E-state index contributed by atoms with van der Waals surface area (Å²) in [4.78, 5) is 18.2. The van der Waals surface area contributed by atoms with Gasteiger partial charge in [-0.05, 0) is 17.7 Å². The van der Waals surface area contributed by atoms with Crippen molar-refractivity contribution in [1.82, 2.24) is 5.32 Å². The minimum Gasteiger partial charge on any atom is -0.493 e. The van der Waals surface area contributed by atoms with Gasteiger partial charge in [0.05, 0.1) is 27.9 Å². The molecule has 0 bridgehead atoms. The van der Waals surface area contributed by atoms with Gasteiger partial charge < -0.3 is 34.5 Å². The van der Waals surface area contributed by atoms with Gasteiger partial charge in [-0.25, -0.2) is 9.59 Å². The number of rotatable bonds is 8. The van der Waals surface area contributed by atoms with Crippen LogP contribution in [0.25, 0.3) is 0 Å². The highest BCUT2D eigenvalue weighted by Gasteiger charge is 2.12. The number of methoxy groups -OCH3 is 4. The SMILES string of the molecule is COCCNCc1cc(OC)c(OC)c(OC)c1.O=C(O)C(=O)O. The molecule has 0 radical (unpaired) electrons. The van der Waals surface area contributed by atoms with E-state index < -0.39 is 11.9 Å². The van der Waals surface area contributed by atoms with Gasteiger partial charge in [-0.15, -0.1) is 0 Å². The maximum atomic E-state index is 9.10. The fourth-order valence-corrected chi connectivity index (χ4v) is 1.64. The Morgan fingerprint density at radius 3 is 1.79 bits per heavy atom. The standard InChI is InChI=1S/C13H21NO4.C2H2O4/c1-15-6-5-14-9-10-7-11(16-2)13(18-4)12(8-10)17-3;3-1(4)2(5)6/h7-8,14H,5-6,9H2,1-4H3;(H,3,4)(H,5,6). The molecule has 0 unspecified atom stereocenters. The number of aliphatic carboxylic acids is 2. The van der Waals surface area contributed by atoms with Crippen LogP contribution < -0.4 is 19.5 Å². The quantitative estimate of drug-likeness (QED) is 0.459. The molecule has 0 saturated carbocycles. The number of nitrogens with one attached hydrogen (secondary N) is 1. The van der Waals surface area contributed by atoms with Crippen LogP contribution in [0, 0.1) is 0 Å². The van der Waals surface area contributed by atoms with E-state index in [0.29, 0.717) is 23.9 Å². The number of carbonyl (C=O) groups is 2. The van der Waals surface area contributed by atoms with Crippen molar-refractivity contribution in [2.45, 2.75) is 6.54 Å². The van der Waals surface area contributed by atoms with Crippen LogP contribution in [0.15, 0.2) is 12.1 Å². The minimum absolute atomic E-state index is 0.612. The molecule has 3 N–H and O–H groups in total. The average Bonchev–Trinajstić information content (AvgIpc) is 2.58. The lowest BCUT2D eigenvalue weighted by Crippen LogP contribution is -2.18. The summed E-state index contributed by atoms with van der Waals surface area (Å²) in [5, 5.41) is 18.0. The van der Waals surface area contributed by atoms with Crippen molar-refractivity contribution in [3.05, 3.63) is 17.7 Å². The summed E-state index contributed by atoms with van der Waals surface area (Å²) in [7, 11) is 6.50. The van der Waals surface area contributed by atoms with Gasteiger partial charge in [0.15, 0.2) is 11.5 Å². The third-order valence-corrected chi connectivity index (χ3v) is 2.72. The molecule has 0 heterocycles. The molecule has 0 aliphatic heterocycles. The highest BCUT2D eigenvalue weighted by Crippen LogP contribution is 2.38. The van der Waals surface area contributed by atoms with E-state index in [1.54, 1.807) is 28.4 Å². The summed E-state index contributed by atoms with van der Waals surface area (Å²) < 4.78 is 20.8. The molecular weight excluding hydrogens is 322 g/mol. The highest BCUT2D eigenvalue weighted by molar-refractivity contribution is 6.27. The Hall–Kier alpha value is -2.52. The normalized spacial score (nSPS) is 9.50. The number of carboxylic acid groups (broad SMARTS) is 2. The van der Waals surface area contributed by atoms with E-state index in [2.05, 4.69) is 5.32 Å². The molecule has 0 saturated heterocycles. The molecule has 0 aliphatic rings. The van der Waals surface area contributed by atoms with Crippen LogP contribution in [0.4, 0.5) is 0 Å². The second-order valence-electron chi connectivity index (χ2n) is 4.31. The molecule has 1 aromatic carbocycles. The highest BCUT2D eigenvalue weighted by atomic mass is 16.5. The van der Waals surface area contributed by atoms with Crippen LogP contribution in [0.2, 0.25) is 0 Å². The summed E-state index contributed by atoms with van der Waals surface area (Å²) in [6.07, 6.45) is 0. The van der Waals surface area contributed by atoms with E-state index in [-0.39, 0.29) is 0 Å². The number of benzene rings is 1. The second kappa shape index (κ2) is 12.0. The van der Waals surface area contributed by atoms with E-state index in [9.17, 15) is 0 Å². The lowest BCUT2D eigenvalue weighted by atomic mass is 10.2. The lowest BCUT2D eigenvalue weighted by Gasteiger charge is -2.14. The molecule has 0 amide bonds. The van der Waals surface area contributed by atoms with Gasteiger partial charge in [-0.1, -0.05) is 0 Å². The van der Waals surface area contributed by atoms with E-state index in [1.165, 1.54) is 0 Å². The molecule has 0 spiro atoms. The number of hydrogen-bond donors (Lipinski definition) is 3. The fraction of sp³-hybridized carbons (Fsp3) is 0.467. The van der Waals surface area contributed by atoms with Gasteiger partial charge in [0, 0.05) is 20.2 Å². The molecule has 1 aromatic rings. The van der Waals surface area contributed by atoms with Crippen molar-refractivity contribution in [3.8, 4) is 17.2 Å². The van der Waals surface area contributed by atoms with E-state index in [1.807, 2.05) is 12.1 Å². The molecule has 136 valence electrons. The van der Waals surface area contributed by atoms with Crippen LogP contribution >= 0.6 is 0 Å². The lowest BCUT2D eigenvalue weighted by molar-refractivity contribution is -0.159. The Kier molecular flexibility index (Phi) is 10.7. The summed E-state index contributed by atoms with van der Waals surface area (Å²) >= 11 is 0. The maximum Gasteiger partial charge on any atom is 0.414 e. The predicted molar refractivity (Wildman–Crippen MR) is 85.0 cm³/mol. The molecule has 0 aliphatic carbocycles. The van der Waals surface area contributed by atoms with E-state index >= 15 is 0 Å². The molecule has 9 nitrogen and oxygen atoms in total. The molecular formula is C15H23NO8. The summed E-state index contributed by atoms with van der Waals surface area (Å²) in [5.41, 5.74) is 1.07. The first-order chi connectivity index (χ1) is 11.4. The second-order valence-corrected chi connectivity index (χ2v) is 4.31. The van der Waals surface area contributed by atoms with Gasteiger partial charge >= 0.3 is 11.9 Å². The molecule has 0 fully saturated rings. The monoisotopic (exact) mass is 345 g/mol. The first-order valence-electron chi connectivity index (χ1n) is 6.85. The van der Waals surface area contributed by atoms with Gasteiger partial charge in [0.1, 0.15) is 0 Å². The zero-order valence-corrected chi connectivity index (χ0v) is 14.1. The van der Waals surface area contributed by atoms with Crippen molar-refractivity contribution in [1.29, 1.82) is 0 Å². The third-order valence-electron chi connectivity index (χ3n) is 2.72. The maximum absolute atomic E-state index is 9.10. The van der Waals surface area contributed by atoms with Gasteiger partial charge in [-0.2, -0.15) is 0 Å². The van der Waals surface area contributed by atoms with Crippen molar-refractivity contribution in [3.63, 3.8) is 0 Å². The van der Waals surface area contributed by atoms with Crippen molar-refractivity contribution in [2.24, 2.45) is 0 Å². The Morgan fingerprint density at radius 2 is 1.46 bits per heavy atom. The zero-order valence-electron chi connectivity index (χ0n) is 14.1. The minimum atomic E-state index is -1.82. The molecule has 9 heteroatoms. The van der Waals surface area contributed by atoms with Gasteiger partial charge in [-0.3, -0.25) is 0 Å². The van der Waals surface area contributed by atoms with E-state index in [0.717, 1.165) is 18.7 Å². The predicted octanol–water partition coefficient (Wildman–Crippen LogP) is 0.604. The summed E-state index contributed by atoms with van der Waals surface area (Å²) in [6, 6.07) is 3.86. The number of carboxylic acids is 2. The Balaban J connectivity index is 0.000000754. The Bertz CT molecular complexity index is 495. The van der Waals surface area contributed by atoms with Gasteiger partial charge in [0.25, 0.3) is 0 Å². The van der Waals surface area contributed by atoms with Crippen LogP contribution in [-0.4, -0.2) is 63.7 Å². The third kappa shape index (κ3) is 7.65. The molecule has 1 rings (SSSR count). The first-order valence-corrected chi connectivity index (χ1v) is 6.85. The average molecular weight is 345 g/mol. The topological polar surface area (TPSA) is 124 Å². The number of hydrogen-bond acceptors (Lipinski definition) is 7. The van der Waals surface area contributed by atoms with Crippen LogP contribution in [0.5, 0.6) is 17.2 Å². The first kappa shape index (κ1) is 21.5. The Labute approximate surface area is 140 Å². The molecule has 0 aromatic heterocycles. The van der Waals surface area contributed by atoms with Crippen LogP contribution in [0.1, 0.15) is 5.56 Å². The van der Waals surface area contributed by atoms with Crippen LogP contribution in [0.3, 0.4) is 0 Å². The number of ether oxygens (including phenoxy) is 4. The fourth-order valence-electron chi connectivity index (χ4n) is 1.64. The van der Waals surface area contributed by atoms with Crippen molar-refractivity contribution < 1.29 is 38.7 Å². The zero-order chi connectivity index (χ0) is 18.5. The van der Waals surface area contributed by atoms with Crippen molar-refractivity contribution in [2.75, 3.05) is 41.6 Å².